The molecule has 6 aromatic carbocycles. The molecule has 1 nitrogen and oxygen atoms in total. The summed E-state index contributed by atoms with van der Waals surface area (Å²) >= 11 is 0. The fourth-order valence-corrected chi connectivity index (χ4v) is 9.78. The topological polar surface area (TPSA) is 17.1 Å². The van der Waals surface area contributed by atoms with Gasteiger partial charge in [-0.3, -0.25) is 0 Å². The molecule has 0 aliphatic heterocycles. The number of hydrogen-bond acceptors (Lipinski definition) is 1. The summed E-state index contributed by atoms with van der Waals surface area (Å²) in [5.41, 5.74) is 0. The van der Waals surface area contributed by atoms with Crippen LogP contribution >= 0.6 is 15.8 Å². The molecule has 0 unspecified atom stereocenters. The molecule has 211 valence electrons. The van der Waals surface area contributed by atoms with Crippen molar-refractivity contribution in [3.05, 3.63) is 189 Å². The second-order valence-corrected chi connectivity index (χ2v) is 14.1. The first-order valence-corrected chi connectivity index (χ1v) is 16.6. The van der Waals surface area contributed by atoms with Crippen LogP contribution in [0.4, 0.5) is 0 Å². The van der Waals surface area contributed by atoms with E-state index >= 15 is 0 Å². The van der Waals surface area contributed by atoms with Gasteiger partial charge >= 0.3 is 0 Å². The van der Waals surface area contributed by atoms with Crippen LogP contribution in [0.5, 0.6) is 0 Å². The molecule has 0 bridgehead atoms. The summed E-state index contributed by atoms with van der Waals surface area (Å²) in [7, 11) is -1.75. The van der Waals surface area contributed by atoms with Gasteiger partial charge < -0.3 is 11.7 Å². The Balaban J connectivity index is 0.000000207. The van der Waals surface area contributed by atoms with Gasteiger partial charge in [-0.1, -0.05) is 109 Å². The van der Waals surface area contributed by atoms with Crippen molar-refractivity contribution < 1.29 is 24.9 Å². The van der Waals surface area contributed by atoms with E-state index in [0.29, 0.717) is 6.29 Å². The molecule has 0 atom stereocenters. The second-order valence-electron chi connectivity index (χ2n) is 9.11. The van der Waals surface area contributed by atoms with Crippen molar-refractivity contribution in [3.63, 3.8) is 0 Å². The van der Waals surface area contributed by atoms with Crippen LogP contribution in [0.1, 0.15) is 0 Å². The molecule has 42 heavy (non-hydrogen) atoms. The van der Waals surface area contributed by atoms with Gasteiger partial charge in [-0.15, -0.1) is 0 Å². The molecule has 0 saturated carbocycles. The van der Waals surface area contributed by atoms with Gasteiger partial charge in [0, 0.05) is 20.1 Å². The Labute approximate surface area is 266 Å². The maximum Gasteiger partial charge on any atom is 0.102 e. The van der Waals surface area contributed by atoms with E-state index in [1.807, 2.05) is 0 Å². The quantitative estimate of drug-likeness (QED) is 0.110. The fourth-order valence-electron chi connectivity index (χ4n) is 4.63. The zero-order chi connectivity index (χ0) is 28.5. The Morgan fingerprint density at radius 2 is 0.452 bits per heavy atom. The van der Waals surface area contributed by atoms with E-state index in [4.69, 9.17) is 4.79 Å². The normalized spacial score (nSPS) is 9.86. The number of rotatable bonds is 6. The molecular formula is C38H35IrOP2+. The Kier molecular flexibility index (Phi) is 14.7. The number of benzene rings is 6. The molecular weight excluding hydrogens is 727 g/mol. The predicted octanol–water partition coefficient (Wildman–Crippen LogP) is 6.37. The van der Waals surface area contributed by atoms with Crippen molar-refractivity contribution in [2.75, 3.05) is 0 Å². The molecule has 0 saturated heterocycles. The fraction of sp³-hybridized carbons (Fsp3) is 0. The third-order valence-electron chi connectivity index (χ3n) is 6.37. The first kappa shape index (κ1) is 32.9. The minimum absolute atomic E-state index is 0. The Morgan fingerprint density at radius 1 is 0.333 bits per heavy atom. The molecule has 6 aromatic rings. The van der Waals surface area contributed by atoms with Gasteiger partial charge in [0.1, 0.15) is 31.8 Å². The summed E-state index contributed by atoms with van der Waals surface area (Å²) < 4.78 is 0. The smallest absolute Gasteiger partial charge is 0.102 e. The van der Waals surface area contributed by atoms with Gasteiger partial charge in [0.2, 0.25) is 0 Å². The van der Waals surface area contributed by atoms with Gasteiger partial charge in [-0.05, 0) is 79.1 Å². The third kappa shape index (κ3) is 9.73. The van der Waals surface area contributed by atoms with Crippen LogP contribution in [-0.2, 0) is 24.9 Å². The monoisotopic (exact) mass is 762 g/mol. The van der Waals surface area contributed by atoms with Crippen LogP contribution < -0.4 is 31.8 Å². The molecule has 0 aliphatic rings. The summed E-state index contributed by atoms with van der Waals surface area (Å²) in [5, 5.41) is 8.61. The average Bonchev–Trinajstić information content (AvgIpc) is 3.05. The average molecular weight is 762 g/mol. The minimum Gasteiger partial charge on any atom is -0.343 e. The van der Waals surface area contributed by atoms with Crippen LogP contribution in [-0.4, -0.2) is 6.29 Å². The molecule has 0 aliphatic carbocycles. The first-order valence-electron chi connectivity index (χ1n) is 13.6. The summed E-state index contributed by atoms with van der Waals surface area (Å²) in [6.07, 6.45) is 0.500. The van der Waals surface area contributed by atoms with Crippen LogP contribution in [0.25, 0.3) is 0 Å². The number of carbonyl (C=O) groups excluding carboxylic acids is 1. The molecule has 6 rings (SSSR count). The second kappa shape index (κ2) is 18.7. The van der Waals surface area contributed by atoms with Crippen LogP contribution in [0, 0.1) is 6.92 Å². The van der Waals surface area contributed by atoms with Crippen LogP contribution in [0.15, 0.2) is 182 Å². The molecule has 0 N–H and O–H groups in total. The summed E-state index contributed by atoms with van der Waals surface area (Å²) in [4.78, 5) is 8.69. The van der Waals surface area contributed by atoms with Crippen molar-refractivity contribution in [1.82, 2.24) is 0 Å². The summed E-state index contributed by atoms with van der Waals surface area (Å²) in [6.45, 7) is 2.81. The molecule has 4 heteroatoms. The van der Waals surface area contributed by atoms with Gasteiger partial charge in [-0.25, -0.2) is 0 Å². The Bertz CT molecular complexity index is 1230. The van der Waals surface area contributed by atoms with Crippen molar-refractivity contribution in [2.45, 2.75) is 0 Å². The van der Waals surface area contributed by atoms with Crippen LogP contribution in [0.3, 0.4) is 0 Å². The van der Waals surface area contributed by atoms with E-state index in [0.717, 1.165) is 0 Å². The van der Waals surface area contributed by atoms with E-state index in [2.05, 4.69) is 189 Å². The summed E-state index contributed by atoms with van der Waals surface area (Å²) in [5.74, 6) is 0. The van der Waals surface area contributed by atoms with Crippen molar-refractivity contribution in [2.24, 2.45) is 0 Å². The third-order valence-corrected chi connectivity index (χ3v) is 11.8. The van der Waals surface area contributed by atoms with Gasteiger partial charge in [0.05, 0.1) is 15.8 Å². The molecule has 0 amide bonds. The van der Waals surface area contributed by atoms with Crippen molar-refractivity contribution in [1.29, 1.82) is 0 Å². The SMILES string of the molecule is [CH2-]C=O.[Ir].c1ccc([PH+](c2ccccc2)c2ccccc2)cc1.c1ccc([PH+](c2ccccc2)c2ccccc2)cc1. The van der Waals surface area contributed by atoms with E-state index < -0.39 is 15.8 Å². The van der Waals surface area contributed by atoms with Crippen molar-refractivity contribution in [3.8, 4) is 0 Å². The molecule has 0 aromatic heterocycles. The molecule has 0 fully saturated rings. The summed E-state index contributed by atoms with van der Waals surface area (Å²) in [6, 6.07) is 65.0. The van der Waals surface area contributed by atoms with E-state index in [1.165, 1.54) is 31.8 Å². The standard InChI is InChI=1S/2C18H15P.C2H3O.Ir/c2*1-4-10-16(11-5-1)19(17-12-6-2-7-13-17)18-14-8-3-9-15-18;1-2-3;/h2*1-15H;2H,1H2;/q;;-1;/p+2. The van der Waals surface area contributed by atoms with Gasteiger partial charge in [-0.2, -0.15) is 0 Å². The number of aldehydes is 1. The molecule has 0 heterocycles. The zero-order valence-electron chi connectivity index (χ0n) is 23.3. The van der Waals surface area contributed by atoms with Gasteiger partial charge in [0.15, 0.2) is 0 Å². The predicted molar refractivity (Wildman–Crippen MR) is 185 cm³/mol. The van der Waals surface area contributed by atoms with Gasteiger partial charge in [0.25, 0.3) is 0 Å². The van der Waals surface area contributed by atoms with E-state index in [-0.39, 0.29) is 20.1 Å². The largest absolute Gasteiger partial charge is 0.343 e. The Morgan fingerprint density at radius 3 is 0.571 bits per heavy atom. The Hall–Kier alpha value is -3.63. The molecule has 0 spiro atoms. The van der Waals surface area contributed by atoms with Crippen LogP contribution in [0.2, 0.25) is 0 Å². The maximum atomic E-state index is 8.69. The first-order chi connectivity index (χ1) is 20.3. The minimum atomic E-state index is -0.877. The maximum absolute atomic E-state index is 8.69. The zero-order valence-corrected chi connectivity index (χ0v) is 27.7. The van der Waals surface area contributed by atoms with E-state index in [9.17, 15) is 0 Å². The van der Waals surface area contributed by atoms with Crippen molar-refractivity contribution >= 4 is 54.0 Å². The molecule has 1 radical (unpaired) electrons. The number of hydrogen-bond donors (Lipinski definition) is 0. The number of carbonyl (C=O) groups is 1. The van der Waals surface area contributed by atoms with E-state index in [1.54, 1.807) is 0 Å².